The lowest BCUT2D eigenvalue weighted by Gasteiger charge is -2.17. The van der Waals surface area contributed by atoms with E-state index in [1.165, 1.54) is 14.0 Å². The molecule has 0 bridgehead atoms. The van der Waals surface area contributed by atoms with E-state index in [2.05, 4.69) is 56.1 Å². The zero-order valence-corrected chi connectivity index (χ0v) is 14.6. The summed E-state index contributed by atoms with van der Waals surface area (Å²) in [7, 11) is 0. The monoisotopic (exact) mass is 456 g/mol. The topological polar surface area (TPSA) is 38.0 Å². The fourth-order valence-corrected chi connectivity index (χ4v) is 3.93. The van der Waals surface area contributed by atoms with Gasteiger partial charge < -0.3 is 0 Å². The van der Waals surface area contributed by atoms with E-state index in [0.717, 1.165) is 15.2 Å². The number of thiophene rings is 1. The van der Waals surface area contributed by atoms with Crippen LogP contribution in [0.15, 0.2) is 34.8 Å². The molecule has 0 radical (unpaired) electrons. The molecule has 1 unspecified atom stereocenters. The Bertz CT molecular complexity index is 547. The van der Waals surface area contributed by atoms with Gasteiger partial charge in [-0.15, -0.1) is 11.3 Å². The second kappa shape index (κ2) is 6.67. The zero-order chi connectivity index (χ0) is 13.1. The maximum Gasteiger partial charge on any atom is 0.0931 e. The van der Waals surface area contributed by atoms with Gasteiger partial charge in [-0.25, -0.2) is 0 Å². The number of hydrogen-bond acceptors (Lipinski definition) is 3. The summed E-state index contributed by atoms with van der Waals surface area (Å²) < 4.78 is 3.06. The van der Waals surface area contributed by atoms with Crippen molar-refractivity contribution in [2.24, 2.45) is 5.84 Å². The molecule has 6 heteroatoms. The number of benzene rings is 1. The highest BCUT2D eigenvalue weighted by Gasteiger charge is 2.15. The first-order valence-corrected chi connectivity index (χ1v) is 8.32. The first-order valence-electron chi connectivity index (χ1n) is 5.25. The molecule has 2 aromatic rings. The molecule has 96 valence electrons. The molecule has 1 aromatic heterocycles. The van der Waals surface area contributed by atoms with E-state index in [4.69, 9.17) is 17.4 Å². The summed E-state index contributed by atoms with van der Waals surface area (Å²) in [6.07, 6.45) is 0.834. The number of rotatable bonds is 4. The van der Waals surface area contributed by atoms with Crippen molar-refractivity contribution in [1.29, 1.82) is 0 Å². The second-order valence-corrected chi connectivity index (χ2v) is 7.67. The van der Waals surface area contributed by atoms with Crippen LogP contribution in [0.4, 0.5) is 0 Å². The molecule has 0 fully saturated rings. The number of hydrogen-bond donors (Lipinski definition) is 2. The maximum absolute atomic E-state index is 5.95. The van der Waals surface area contributed by atoms with Crippen molar-refractivity contribution in [3.8, 4) is 0 Å². The van der Waals surface area contributed by atoms with Gasteiger partial charge in [0.2, 0.25) is 0 Å². The predicted octanol–water partition coefficient (Wildman–Crippen LogP) is 4.52. The van der Waals surface area contributed by atoms with Crippen molar-refractivity contribution in [2.75, 3.05) is 0 Å². The highest BCUT2D eigenvalue weighted by molar-refractivity contribution is 14.1. The fourth-order valence-electron chi connectivity index (χ4n) is 1.70. The zero-order valence-electron chi connectivity index (χ0n) is 9.29. The summed E-state index contributed by atoms with van der Waals surface area (Å²) in [4.78, 5) is 1.22. The summed E-state index contributed by atoms with van der Waals surface area (Å²) in [5.74, 6) is 5.68. The lowest BCUT2D eigenvalue weighted by molar-refractivity contribution is 0.553. The molecule has 1 atom stereocenters. The van der Waals surface area contributed by atoms with Gasteiger partial charge in [-0.3, -0.25) is 11.3 Å². The third-order valence-electron chi connectivity index (χ3n) is 2.57. The Hall–Kier alpha value is 0.340. The summed E-state index contributed by atoms with van der Waals surface area (Å²) in [5.41, 5.74) is 4.07. The van der Waals surface area contributed by atoms with Crippen LogP contribution in [0.3, 0.4) is 0 Å². The van der Waals surface area contributed by atoms with Crippen LogP contribution in [0.5, 0.6) is 0 Å². The summed E-state index contributed by atoms with van der Waals surface area (Å²) in [6, 6.07) is 10.3. The molecule has 3 N–H and O–H groups in total. The molecule has 1 heterocycles. The van der Waals surface area contributed by atoms with Gasteiger partial charge in [0.25, 0.3) is 0 Å². The summed E-state index contributed by atoms with van der Waals surface area (Å²) in [5, 5.41) is 0. The van der Waals surface area contributed by atoms with Crippen LogP contribution < -0.4 is 11.3 Å². The van der Waals surface area contributed by atoms with Gasteiger partial charge in [0.15, 0.2) is 0 Å². The number of nitrogens with one attached hydrogen (secondary N) is 1. The normalized spacial score (nSPS) is 12.7. The third kappa shape index (κ3) is 3.68. The number of nitrogens with two attached hydrogens (primary N) is 1. The smallest absolute Gasteiger partial charge is 0.0931 e. The van der Waals surface area contributed by atoms with Crippen LogP contribution in [0.25, 0.3) is 0 Å². The van der Waals surface area contributed by atoms with Gasteiger partial charge in [0.05, 0.1) is 10.4 Å². The molecule has 2 nitrogen and oxygen atoms in total. The standard InChI is InChI=1S/C12H11BrClIN2S/c13-7-1-3-10(15)9(5-7)11(17-16)6-8-2-4-12(14)18-8/h1-5,11,17H,6,16H2. The molecular weight excluding hydrogens is 446 g/mol. The van der Waals surface area contributed by atoms with Crippen LogP contribution in [-0.2, 0) is 6.42 Å². The van der Waals surface area contributed by atoms with Crippen LogP contribution >= 0.6 is 61.5 Å². The number of halogens is 3. The van der Waals surface area contributed by atoms with Crippen LogP contribution in [-0.4, -0.2) is 0 Å². The third-order valence-corrected chi connectivity index (χ3v) is 5.30. The Labute approximate surface area is 137 Å². The van der Waals surface area contributed by atoms with Crippen molar-refractivity contribution in [1.82, 2.24) is 5.43 Å². The van der Waals surface area contributed by atoms with E-state index in [1.54, 1.807) is 11.3 Å². The molecule has 18 heavy (non-hydrogen) atoms. The SMILES string of the molecule is NNC(Cc1ccc(Cl)s1)c1cc(Br)ccc1I. The van der Waals surface area contributed by atoms with E-state index in [9.17, 15) is 0 Å². The minimum Gasteiger partial charge on any atom is -0.271 e. The molecule has 2 rings (SSSR count). The van der Waals surface area contributed by atoms with Crippen molar-refractivity contribution in [3.63, 3.8) is 0 Å². The van der Waals surface area contributed by atoms with Gasteiger partial charge in [0, 0.05) is 19.3 Å². The molecule has 0 saturated carbocycles. The summed E-state index contributed by atoms with van der Waals surface area (Å²) >= 11 is 13.4. The highest BCUT2D eigenvalue weighted by atomic mass is 127. The average Bonchev–Trinajstić information content (AvgIpc) is 2.75. The second-order valence-electron chi connectivity index (χ2n) is 3.80. The van der Waals surface area contributed by atoms with Crippen LogP contribution in [0, 0.1) is 3.57 Å². The first kappa shape index (κ1) is 14.7. The minimum absolute atomic E-state index is 0.0871. The fraction of sp³-hybridized carbons (Fsp3) is 0.167. The molecule has 0 saturated heterocycles. The molecule has 0 aliphatic heterocycles. The Morgan fingerprint density at radius 1 is 1.39 bits per heavy atom. The van der Waals surface area contributed by atoms with Crippen LogP contribution in [0.2, 0.25) is 4.34 Å². The van der Waals surface area contributed by atoms with Crippen molar-refractivity contribution >= 4 is 61.5 Å². The molecule has 0 amide bonds. The van der Waals surface area contributed by atoms with Gasteiger partial charge >= 0.3 is 0 Å². The largest absolute Gasteiger partial charge is 0.271 e. The molecular formula is C12H11BrClIN2S. The Balaban J connectivity index is 2.25. The Morgan fingerprint density at radius 2 is 2.17 bits per heavy atom. The lowest BCUT2D eigenvalue weighted by Crippen LogP contribution is -2.30. The van der Waals surface area contributed by atoms with E-state index in [1.807, 2.05) is 18.2 Å². The van der Waals surface area contributed by atoms with Gasteiger partial charge in [0.1, 0.15) is 0 Å². The van der Waals surface area contributed by atoms with Crippen molar-refractivity contribution in [3.05, 3.63) is 53.2 Å². The maximum atomic E-state index is 5.95. The average molecular weight is 458 g/mol. The van der Waals surface area contributed by atoms with E-state index >= 15 is 0 Å². The molecule has 0 aliphatic carbocycles. The summed E-state index contributed by atoms with van der Waals surface area (Å²) in [6.45, 7) is 0. The highest BCUT2D eigenvalue weighted by Crippen LogP contribution is 2.29. The molecule has 1 aromatic carbocycles. The lowest BCUT2D eigenvalue weighted by atomic mass is 10.0. The predicted molar refractivity (Wildman–Crippen MR) is 90.0 cm³/mol. The van der Waals surface area contributed by atoms with Crippen molar-refractivity contribution in [2.45, 2.75) is 12.5 Å². The quantitative estimate of drug-likeness (QED) is 0.403. The Kier molecular flexibility index (Phi) is 5.47. The van der Waals surface area contributed by atoms with Gasteiger partial charge in [-0.05, 0) is 58.5 Å². The van der Waals surface area contributed by atoms with Gasteiger partial charge in [-0.2, -0.15) is 0 Å². The van der Waals surface area contributed by atoms with Gasteiger partial charge in [-0.1, -0.05) is 27.5 Å². The molecule has 0 spiro atoms. The van der Waals surface area contributed by atoms with Crippen molar-refractivity contribution < 1.29 is 0 Å². The van der Waals surface area contributed by atoms with Crippen LogP contribution in [0.1, 0.15) is 16.5 Å². The number of hydrazine groups is 1. The van der Waals surface area contributed by atoms with E-state index in [0.29, 0.717) is 0 Å². The first-order chi connectivity index (χ1) is 8.60. The minimum atomic E-state index is 0.0871. The Morgan fingerprint density at radius 3 is 2.78 bits per heavy atom. The molecule has 0 aliphatic rings. The van der Waals surface area contributed by atoms with E-state index in [-0.39, 0.29) is 6.04 Å². The van der Waals surface area contributed by atoms with E-state index < -0.39 is 0 Å².